The molecule has 128 valence electrons. The van der Waals surface area contributed by atoms with E-state index in [-0.39, 0.29) is 5.73 Å². The fourth-order valence-corrected chi connectivity index (χ4v) is 3.07. The van der Waals surface area contributed by atoms with Crippen LogP contribution in [0.1, 0.15) is 58.9 Å². The van der Waals surface area contributed by atoms with E-state index < -0.39 is 18.3 Å². The van der Waals surface area contributed by atoms with Crippen LogP contribution in [0.5, 0.6) is 0 Å². The predicted octanol–water partition coefficient (Wildman–Crippen LogP) is 4.89. The van der Waals surface area contributed by atoms with Gasteiger partial charge >= 0.3 is 7.12 Å². The molecule has 2 aliphatic rings. The molecule has 1 aliphatic heterocycles. The molecule has 3 rings (SSSR count). The minimum absolute atomic E-state index is 0.228. The maximum absolute atomic E-state index is 14.8. The van der Waals surface area contributed by atoms with Crippen LogP contribution in [-0.2, 0) is 9.31 Å². The monoisotopic (exact) mass is 329 g/mol. The molecule has 24 heavy (non-hydrogen) atoms. The summed E-state index contributed by atoms with van der Waals surface area (Å²) in [7, 11) is -0.867. The first kappa shape index (κ1) is 17.4. The molecule has 0 spiro atoms. The van der Waals surface area contributed by atoms with Crippen LogP contribution in [0.25, 0.3) is 6.08 Å². The third-order valence-electron chi connectivity index (χ3n) is 5.35. The van der Waals surface area contributed by atoms with Gasteiger partial charge in [-0.1, -0.05) is 17.7 Å². The fraction of sp³-hybridized carbons (Fsp3) is 0.526. The molecule has 1 saturated carbocycles. The molecule has 1 aromatic rings. The first-order valence-corrected chi connectivity index (χ1v) is 8.61. The van der Waals surface area contributed by atoms with Crippen molar-refractivity contribution in [3.8, 4) is 0 Å². The molecule has 2 heterocycles. The van der Waals surface area contributed by atoms with Gasteiger partial charge in [-0.15, -0.1) is 0 Å². The van der Waals surface area contributed by atoms with Gasteiger partial charge in [0.1, 0.15) is 5.73 Å². The van der Waals surface area contributed by atoms with Gasteiger partial charge in [0.25, 0.3) is 0 Å². The third kappa shape index (κ3) is 3.47. The number of nitrogens with zero attached hydrogens (tertiary/aromatic N) is 1. The van der Waals surface area contributed by atoms with Crippen molar-refractivity contribution in [1.29, 1.82) is 0 Å². The Labute approximate surface area is 144 Å². The Kier molecular flexibility index (Phi) is 4.67. The Balaban J connectivity index is 1.68. The topological polar surface area (TPSA) is 31.4 Å². The van der Waals surface area contributed by atoms with E-state index in [1.54, 1.807) is 6.20 Å². The summed E-state index contributed by atoms with van der Waals surface area (Å²) < 4.78 is 26.5. The molecule has 5 heteroatoms. The van der Waals surface area contributed by atoms with Gasteiger partial charge in [-0.2, -0.15) is 0 Å². The molecule has 0 unspecified atom stereocenters. The maximum Gasteiger partial charge on any atom is 0.525 e. The van der Waals surface area contributed by atoms with E-state index in [9.17, 15) is 4.39 Å². The Bertz CT molecular complexity index is 639. The van der Waals surface area contributed by atoms with Crippen molar-refractivity contribution in [2.24, 2.45) is 0 Å². The van der Waals surface area contributed by atoms with Gasteiger partial charge in [0, 0.05) is 12.4 Å². The first-order chi connectivity index (χ1) is 11.3. The highest BCUT2D eigenvalue weighted by Gasteiger charge is 2.53. The average Bonchev–Trinajstić information content (AvgIpc) is 2.76. The van der Waals surface area contributed by atoms with Crippen LogP contribution >= 0.6 is 0 Å². The number of aromatic nitrogens is 1. The van der Waals surface area contributed by atoms with Crippen LogP contribution in [0.2, 0.25) is 0 Å². The van der Waals surface area contributed by atoms with Crippen molar-refractivity contribution in [3.05, 3.63) is 47.0 Å². The van der Waals surface area contributed by atoms with Crippen molar-refractivity contribution in [2.45, 2.75) is 64.6 Å². The van der Waals surface area contributed by atoms with E-state index in [2.05, 4.69) is 11.1 Å². The van der Waals surface area contributed by atoms with E-state index in [1.807, 2.05) is 46.0 Å². The van der Waals surface area contributed by atoms with Crippen LogP contribution in [0.15, 0.2) is 41.4 Å². The van der Waals surface area contributed by atoms with Crippen LogP contribution in [0, 0.1) is 0 Å². The predicted molar refractivity (Wildman–Crippen MR) is 94.9 cm³/mol. The highest BCUT2D eigenvalue weighted by atomic mass is 19.1. The lowest BCUT2D eigenvalue weighted by molar-refractivity contribution is 0.00578. The highest BCUT2D eigenvalue weighted by Crippen LogP contribution is 2.41. The summed E-state index contributed by atoms with van der Waals surface area (Å²) in [6, 6.07) is 3.97. The number of halogens is 1. The lowest BCUT2D eigenvalue weighted by atomic mass is 9.79. The Morgan fingerprint density at radius 3 is 2.29 bits per heavy atom. The molecule has 0 atom stereocenters. The van der Waals surface area contributed by atoms with Crippen LogP contribution in [0.4, 0.5) is 4.39 Å². The van der Waals surface area contributed by atoms with Crippen LogP contribution in [-0.4, -0.2) is 23.3 Å². The number of hydrogen-bond donors (Lipinski definition) is 0. The lowest BCUT2D eigenvalue weighted by Crippen LogP contribution is -2.41. The zero-order valence-electron chi connectivity index (χ0n) is 14.9. The second-order valence-electron chi connectivity index (χ2n) is 7.63. The quantitative estimate of drug-likeness (QED) is 0.724. The summed E-state index contributed by atoms with van der Waals surface area (Å²) in [5.74, 6) is 0. The minimum atomic E-state index is -0.867. The van der Waals surface area contributed by atoms with Crippen molar-refractivity contribution in [3.63, 3.8) is 0 Å². The van der Waals surface area contributed by atoms with Gasteiger partial charge < -0.3 is 9.31 Å². The number of rotatable bonds is 2. The van der Waals surface area contributed by atoms with Crippen molar-refractivity contribution in [1.82, 2.24) is 4.98 Å². The van der Waals surface area contributed by atoms with Crippen molar-refractivity contribution < 1.29 is 13.7 Å². The fourth-order valence-electron chi connectivity index (χ4n) is 3.07. The van der Waals surface area contributed by atoms with Gasteiger partial charge in [-0.3, -0.25) is 4.98 Å². The van der Waals surface area contributed by atoms with Crippen molar-refractivity contribution in [2.75, 3.05) is 0 Å². The van der Waals surface area contributed by atoms with E-state index >= 15 is 0 Å². The third-order valence-corrected chi connectivity index (χ3v) is 5.35. The zero-order chi connectivity index (χ0) is 17.4. The van der Waals surface area contributed by atoms with Gasteiger partial charge in [0.2, 0.25) is 0 Å². The van der Waals surface area contributed by atoms with Crippen molar-refractivity contribution >= 4 is 13.2 Å². The standard InChI is InChI=1S/C19H25BFNO2/c1-18(2)19(3,4)24-20(23-18)17(21)16-9-7-14(8-10-16)12-15-6-5-11-22-13-15/h5-6,11-13H,7-10H2,1-4H3. The molecule has 0 radical (unpaired) electrons. The van der Waals surface area contributed by atoms with Crippen LogP contribution < -0.4 is 0 Å². The highest BCUT2D eigenvalue weighted by molar-refractivity contribution is 6.53. The molecule has 0 N–H and O–H groups in total. The summed E-state index contributed by atoms with van der Waals surface area (Å²) in [6.07, 6.45) is 8.97. The summed E-state index contributed by atoms with van der Waals surface area (Å²) >= 11 is 0. The molecule has 0 bridgehead atoms. The minimum Gasteiger partial charge on any atom is -0.398 e. The Hall–Kier alpha value is -1.46. The Morgan fingerprint density at radius 2 is 1.75 bits per heavy atom. The summed E-state index contributed by atoms with van der Waals surface area (Å²) in [5.41, 5.74) is 2.04. The van der Waals surface area contributed by atoms with E-state index in [1.165, 1.54) is 5.57 Å². The van der Waals surface area contributed by atoms with Gasteiger partial charge in [0.15, 0.2) is 0 Å². The maximum atomic E-state index is 14.8. The molecule has 1 saturated heterocycles. The lowest BCUT2D eigenvalue weighted by Gasteiger charge is -2.32. The second-order valence-corrected chi connectivity index (χ2v) is 7.63. The smallest absolute Gasteiger partial charge is 0.398 e. The number of pyridine rings is 1. The number of allylic oxidation sites excluding steroid dienone is 2. The second kappa shape index (κ2) is 6.45. The van der Waals surface area contributed by atoms with Gasteiger partial charge in [-0.25, -0.2) is 4.39 Å². The molecule has 3 nitrogen and oxygen atoms in total. The number of hydrogen-bond acceptors (Lipinski definition) is 3. The first-order valence-electron chi connectivity index (χ1n) is 8.61. The van der Waals surface area contributed by atoms with E-state index in [0.29, 0.717) is 0 Å². The molecule has 0 aromatic carbocycles. The SMILES string of the molecule is CC1(C)OB(C(F)=C2CCC(=Cc3cccnc3)CC2)OC1(C)C. The average molecular weight is 329 g/mol. The molecular formula is C19H25BFNO2. The van der Waals surface area contributed by atoms with E-state index in [4.69, 9.17) is 9.31 Å². The molecule has 0 amide bonds. The largest absolute Gasteiger partial charge is 0.525 e. The summed E-state index contributed by atoms with van der Waals surface area (Å²) in [6.45, 7) is 7.78. The molecule has 2 fully saturated rings. The van der Waals surface area contributed by atoms with E-state index in [0.717, 1.165) is 36.8 Å². The van der Waals surface area contributed by atoms with Gasteiger partial charge in [0.05, 0.1) is 11.2 Å². The summed E-state index contributed by atoms with van der Waals surface area (Å²) in [5, 5.41) is 0. The normalized spacial score (nSPS) is 22.6. The molecule has 1 aliphatic carbocycles. The van der Waals surface area contributed by atoms with Gasteiger partial charge in [-0.05, 0) is 70.6 Å². The zero-order valence-corrected chi connectivity index (χ0v) is 14.9. The molecule has 1 aromatic heterocycles. The summed E-state index contributed by atoms with van der Waals surface area (Å²) in [4.78, 5) is 4.13. The Morgan fingerprint density at radius 1 is 1.12 bits per heavy atom. The molecular weight excluding hydrogens is 304 g/mol. The van der Waals surface area contributed by atoms with Crippen LogP contribution in [0.3, 0.4) is 0 Å².